The van der Waals surface area contributed by atoms with Gasteiger partial charge in [-0.05, 0) is 158 Å². The van der Waals surface area contributed by atoms with Gasteiger partial charge in [-0.1, -0.05) is 200 Å². The lowest BCUT2D eigenvalue weighted by Crippen LogP contribution is -2.10. The molecular weight excluding hydrogens is 845 g/mol. The third-order valence-electron chi connectivity index (χ3n) is 13.7. The number of fused-ring (bicyclic) bond motifs is 3. The maximum Gasteiger partial charge on any atom is 0.0541 e. The summed E-state index contributed by atoms with van der Waals surface area (Å²) in [5, 5.41) is 2.51. The largest absolute Gasteiger partial charge is 0.311 e. The molecule has 0 fully saturated rings. The Kier molecular flexibility index (Phi) is 11.5. The molecule has 2 nitrogen and oxygen atoms in total. The lowest BCUT2D eigenvalue weighted by Gasteiger charge is -2.26. The van der Waals surface area contributed by atoms with E-state index in [1.807, 2.05) is 0 Å². The Morgan fingerprint density at radius 2 is 0.757 bits per heavy atom. The van der Waals surface area contributed by atoms with Gasteiger partial charge in [-0.3, -0.25) is 0 Å². The summed E-state index contributed by atoms with van der Waals surface area (Å²) in [5.74, 6) is 0. The molecule has 1 heterocycles. The van der Waals surface area contributed by atoms with E-state index in [2.05, 4.69) is 289 Å². The first-order valence-corrected chi connectivity index (χ1v) is 24.2. The first kappa shape index (κ1) is 42.4. The fourth-order valence-electron chi connectivity index (χ4n) is 10.1. The van der Waals surface area contributed by atoms with Gasteiger partial charge in [0.05, 0.1) is 11.0 Å². The van der Waals surface area contributed by atoms with Crippen LogP contribution in [0.2, 0.25) is 0 Å². The Labute approximate surface area is 410 Å². The van der Waals surface area contributed by atoms with Crippen LogP contribution in [0.5, 0.6) is 0 Å². The quantitative estimate of drug-likeness (QED) is 0.126. The van der Waals surface area contributed by atoms with Gasteiger partial charge in [0.25, 0.3) is 0 Å². The number of rotatable bonds is 11. The molecule has 1 aliphatic carbocycles. The summed E-state index contributed by atoms with van der Waals surface area (Å²) in [6, 6.07) is 90.8. The minimum Gasteiger partial charge on any atom is -0.311 e. The number of benzene rings is 10. The summed E-state index contributed by atoms with van der Waals surface area (Å²) in [4.78, 5) is 2.35. The smallest absolute Gasteiger partial charge is 0.0541 e. The topological polar surface area (TPSA) is 8.17 Å². The highest BCUT2D eigenvalue weighted by Crippen LogP contribution is 2.40. The molecule has 0 radical (unpaired) electrons. The Bertz CT molecular complexity index is 3690. The molecule has 0 saturated carbocycles. The van der Waals surface area contributed by atoms with Crippen molar-refractivity contribution in [3.8, 4) is 50.2 Å². The van der Waals surface area contributed by atoms with Gasteiger partial charge in [0, 0.05) is 33.5 Å². The van der Waals surface area contributed by atoms with Gasteiger partial charge < -0.3 is 9.47 Å². The average Bonchev–Trinajstić information content (AvgIpc) is 3.53. The molecule has 0 amide bonds. The van der Waals surface area contributed by atoms with Crippen LogP contribution in [-0.4, -0.2) is 4.57 Å². The van der Waals surface area contributed by atoms with E-state index in [0.29, 0.717) is 0 Å². The van der Waals surface area contributed by atoms with E-state index >= 15 is 0 Å². The van der Waals surface area contributed by atoms with Crippen molar-refractivity contribution in [2.45, 2.75) is 12.8 Å². The van der Waals surface area contributed by atoms with Crippen LogP contribution in [0.1, 0.15) is 23.1 Å². The SMILES string of the molecule is C1=CC=C(c2ccc3c(c2)c2cc(-c4ccccc4)ccc2n3-c2ccc(-c3cccc(-c4ccc(N(c5ccc(Cc6ccccc6)cc5)c5ccc(-c6ccccc6)cc5)cc4)c3)cc2)CC=C1. The second-order valence-electron chi connectivity index (χ2n) is 18.1. The summed E-state index contributed by atoms with van der Waals surface area (Å²) in [5.41, 5.74) is 21.6. The van der Waals surface area contributed by atoms with Crippen molar-refractivity contribution in [2.75, 3.05) is 4.90 Å². The van der Waals surface area contributed by atoms with Crippen LogP contribution < -0.4 is 4.90 Å². The molecule has 0 spiro atoms. The summed E-state index contributed by atoms with van der Waals surface area (Å²) < 4.78 is 2.42. The van der Waals surface area contributed by atoms with Crippen LogP contribution in [-0.2, 0) is 6.42 Å². The third kappa shape index (κ3) is 8.60. The maximum absolute atomic E-state index is 2.42. The molecule has 70 heavy (non-hydrogen) atoms. The van der Waals surface area contributed by atoms with E-state index in [4.69, 9.17) is 0 Å². The highest BCUT2D eigenvalue weighted by Gasteiger charge is 2.17. The fourth-order valence-corrected chi connectivity index (χ4v) is 10.1. The van der Waals surface area contributed by atoms with Gasteiger partial charge in [0.2, 0.25) is 0 Å². The van der Waals surface area contributed by atoms with Crippen molar-refractivity contribution in [1.82, 2.24) is 4.57 Å². The molecule has 0 N–H and O–H groups in total. The maximum atomic E-state index is 2.42. The lowest BCUT2D eigenvalue weighted by atomic mass is 9.98. The molecule has 2 heteroatoms. The van der Waals surface area contributed by atoms with Crippen LogP contribution in [0.15, 0.2) is 279 Å². The van der Waals surface area contributed by atoms with Gasteiger partial charge in [-0.25, -0.2) is 0 Å². The molecule has 1 aliphatic rings. The lowest BCUT2D eigenvalue weighted by molar-refractivity contribution is 1.18. The standard InChI is InChI=1S/C68H50N2/c1-2-9-20-52(19-8-1)59-33-43-67-65(47-59)66-48-60(53-21-12-5-13-22-53)34-44-68(66)70(67)64-41-31-56(32-42-64)58-24-14-23-57(46-58)55-29-39-63(40-30-55)69(62-37-27-54(28-38-62)51-17-10-4-11-18-51)61-35-25-50(26-36-61)45-49-15-6-3-7-16-49/h1-19,21-44,46-48H,20,45H2. The second kappa shape index (κ2) is 19.0. The Balaban J connectivity index is 0.850. The van der Waals surface area contributed by atoms with Crippen molar-refractivity contribution in [3.05, 3.63) is 296 Å². The number of allylic oxidation sites excluding steroid dienone is 6. The highest BCUT2D eigenvalue weighted by atomic mass is 15.1. The van der Waals surface area contributed by atoms with E-state index in [-0.39, 0.29) is 0 Å². The van der Waals surface area contributed by atoms with Crippen LogP contribution >= 0.6 is 0 Å². The molecule has 0 bridgehead atoms. The summed E-state index contributed by atoms with van der Waals surface area (Å²) in [6.07, 6.45) is 12.7. The number of hydrogen-bond acceptors (Lipinski definition) is 1. The van der Waals surface area contributed by atoms with Gasteiger partial charge in [0.15, 0.2) is 0 Å². The van der Waals surface area contributed by atoms with Gasteiger partial charge in [-0.15, -0.1) is 0 Å². The zero-order valence-electron chi connectivity index (χ0n) is 38.9. The highest BCUT2D eigenvalue weighted by molar-refractivity contribution is 6.11. The monoisotopic (exact) mass is 894 g/mol. The fraction of sp³-hybridized carbons (Fsp3) is 0.0294. The number of nitrogens with zero attached hydrogens (tertiary/aromatic N) is 2. The van der Waals surface area contributed by atoms with Crippen LogP contribution in [0.3, 0.4) is 0 Å². The molecule has 12 rings (SSSR count). The molecule has 0 saturated heterocycles. The van der Waals surface area contributed by atoms with Gasteiger partial charge in [-0.2, -0.15) is 0 Å². The summed E-state index contributed by atoms with van der Waals surface area (Å²) in [6.45, 7) is 0. The molecule has 0 aliphatic heterocycles. The average molecular weight is 895 g/mol. The van der Waals surface area contributed by atoms with E-state index < -0.39 is 0 Å². The summed E-state index contributed by atoms with van der Waals surface area (Å²) >= 11 is 0. The van der Waals surface area contributed by atoms with Gasteiger partial charge in [0.1, 0.15) is 0 Å². The van der Waals surface area contributed by atoms with Gasteiger partial charge >= 0.3 is 0 Å². The molecule has 1 aromatic heterocycles. The van der Waals surface area contributed by atoms with E-state index in [9.17, 15) is 0 Å². The minimum atomic E-state index is 0.902. The first-order valence-electron chi connectivity index (χ1n) is 24.2. The van der Waals surface area contributed by atoms with E-state index in [1.165, 1.54) is 88.6 Å². The van der Waals surface area contributed by atoms with E-state index in [0.717, 1.165) is 35.6 Å². The van der Waals surface area contributed by atoms with Crippen molar-refractivity contribution in [2.24, 2.45) is 0 Å². The molecule has 10 aromatic carbocycles. The molecule has 11 aromatic rings. The minimum absolute atomic E-state index is 0.902. The second-order valence-corrected chi connectivity index (χ2v) is 18.1. The Morgan fingerprint density at radius 3 is 1.36 bits per heavy atom. The van der Waals surface area contributed by atoms with Crippen molar-refractivity contribution >= 4 is 44.4 Å². The predicted octanol–water partition coefficient (Wildman–Crippen LogP) is 18.4. The van der Waals surface area contributed by atoms with E-state index in [1.54, 1.807) is 0 Å². The molecular formula is C68H50N2. The normalized spacial score (nSPS) is 12.3. The zero-order valence-corrected chi connectivity index (χ0v) is 38.9. The Hall–Kier alpha value is -8.98. The number of hydrogen-bond donors (Lipinski definition) is 0. The van der Waals surface area contributed by atoms with Crippen molar-refractivity contribution < 1.29 is 0 Å². The zero-order chi connectivity index (χ0) is 46.6. The van der Waals surface area contributed by atoms with Crippen molar-refractivity contribution in [3.63, 3.8) is 0 Å². The third-order valence-corrected chi connectivity index (χ3v) is 13.7. The number of aromatic nitrogens is 1. The summed E-state index contributed by atoms with van der Waals surface area (Å²) in [7, 11) is 0. The first-order chi connectivity index (χ1) is 34.7. The Morgan fingerprint density at radius 1 is 0.329 bits per heavy atom. The number of anilines is 3. The van der Waals surface area contributed by atoms with Crippen LogP contribution in [0, 0.1) is 0 Å². The van der Waals surface area contributed by atoms with Crippen LogP contribution in [0.25, 0.3) is 77.6 Å². The molecule has 0 atom stereocenters. The molecule has 0 unspecified atom stereocenters. The van der Waals surface area contributed by atoms with Crippen LogP contribution in [0.4, 0.5) is 17.1 Å². The predicted molar refractivity (Wildman–Crippen MR) is 297 cm³/mol. The van der Waals surface area contributed by atoms with Crippen molar-refractivity contribution in [1.29, 1.82) is 0 Å². The molecule has 332 valence electrons.